The van der Waals surface area contributed by atoms with Crippen LogP contribution in [-0.2, 0) is 19.8 Å². The van der Waals surface area contributed by atoms with Gasteiger partial charge in [0.2, 0.25) is 0 Å². The van der Waals surface area contributed by atoms with Crippen LogP contribution in [0.2, 0.25) is 0 Å². The summed E-state index contributed by atoms with van der Waals surface area (Å²) in [4.78, 5) is 19.9. The highest BCUT2D eigenvalue weighted by molar-refractivity contribution is 6.06. The number of hydrogen-bond donors (Lipinski definition) is 1. The molecule has 1 aromatic heterocycles. The summed E-state index contributed by atoms with van der Waals surface area (Å²) in [5, 5.41) is 9.09. The normalized spacial score (nSPS) is 13.4. The molecule has 0 radical (unpaired) electrons. The lowest BCUT2D eigenvalue weighted by atomic mass is 10.2. The lowest BCUT2D eigenvalue weighted by Gasteiger charge is -1.92. The number of aromatic nitrogens is 1. The maximum atomic E-state index is 4.19. The Balaban J connectivity index is 0.000000127. The molecule has 0 saturated heterocycles. The Morgan fingerprint density at radius 1 is 0.640 bits per heavy atom. The van der Waals surface area contributed by atoms with Crippen molar-refractivity contribution in [3.05, 3.63) is 73.2 Å². The van der Waals surface area contributed by atoms with Gasteiger partial charge in [-0.2, -0.15) is 9.98 Å². The van der Waals surface area contributed by atoms with Crippen molar-refractivity contribution in [2.75, 3.05) is 0 Å². The summed E-state index contributed by atoms with van der Waals surface area (Å²) >= 11 is 0. The largest absolute Gasteiger partial charge is 0.355 e. The average molecular weight is 337 g/mol. The second-order valence-corrected chi connectivity index (χ2v) is 4.72. The molecule has 7 heteroatoms. The van der Waals surface area contributed by atoms with Crippen LogP contribution < -0.4 is 0 Å². The highest BCUT2D eigenvalue weighted by Crippen LogP contribution is 2.24. The number of benzene rings is 2. The molecule has 0 atom stereocenters. The zero-order valence-corrected chi connectivity index (χ0v) is 13.1. The van der Waals surface area contributed by atoms with Crippen LogP contribution in [0.1, 0.15) is 0 Å². The van der Waals surface area contributed by atoms with Crippen LogP contribution in [0.25, 0.3) is 21.8 Å². The predicted octanol–water partition coefficient (Wildman–Crippen LogP) is 4.22. The van der Waals surface area contributed by atoms with Crippen LogP contribution in [0.15, 0.2) is 83.5 Å². The number of hydrogen-bond acceptors (Lipinski definition) is 6. The fourth-order valence-corrected chi connectivity index (χ4v) is 2.15. The van der Waals surface area contributed by atoms with E-state index in [9.17, 15) is 0 Å². The third-order valence-corrected chi connectivity index (χ3v) is 3.15. The standard InChI is InChI=1S/C12H9N.2C3H3NO2/c1-3-7-11-9(5-1)10-6-2-4-8-12(10)13-11;2*1-2-4-6-5-3-1/h1-8,13H;2*1-3H. The van der Waals surface area contributed by atoms with E-state index in [1.807, 2.05) is 0 Å². The molecule has 2 aliphatic rings. The lowest BCUT2D eigenvalue weighted by molar-refractivity contribution is -0.251. The molecule has 1 N–H and O–H groups in total. The smallest absolute Gasteiger partial charge is 0.147 e. The van der Waals surface area contributed by atoms with Crippen LogP contribution in [-0.4, -0.2) is 17.4 Å². The van der Waals surface area contributed by atoms with Gasteiger partial charge in [-0.15, -0.1) is 0 Å². The maximum absolute atomic E-state index is 4.19. The topological polar surface area (TPSA) is 77.4 Å². The number of para-hydroxylation sites is 2. The van der Waals surface area contributed by atoms with Crippen LogP contribution in [0, 0.1) is 0 Å². The molecule has 5 rings (SSSR count). The molecule has 0 fully saturated rings. The number of nitrogens with zero attached hydrogens (tertiary/aromatic N) is 2. The number of oxime groups is 2. The van der Waals surface area contributed by atoms with Crippen molar-refractivity contribution in [3.8, 4) is 0 Å². The monoisotopic (exact) mass is 337 g/mol. The van der Waals surface area contributed by atoms with Gasteiger partial charge in [0.05, 0.1) is 12.4 Å². The molecule has 0 saturated carbocycles. The van der Waals surface area contributed by atoms with Crippen LogP contribution in [0.3, 0.4) is 0 Å². The van der Waals surface area contributed by atoms with Gasteiger partial charge in [0.25, 0.3) is 0 Å². The third-order valence-electron chi connectivity index (χ3n) is 3.15. The highest BCUT2D eigenvalue weighted by atomic mass is 17.3. The zero-order valence-electron chi connectivity index (χ0n) is 13.1. The molecule has 0 amide bonds. The van der Waals surface area contributed by atoms with Crippen molar-refractivity contribution in [1.29, 1.82) is 0 Å². The van der Waals surface area contributed by atoms with Gasteiger partial charge in [-0.25, -0.2) is 0 Å². The molecule has 7 nitrogen and oxygen atoms in total. The molecular formula is C18H15N3O4. The average Bonchev–Trinajstić information content (AvgIpc) is 3.10. The molecule has 126 valence electrons. The Kier molecular flexibility index (Phi) is 5.66. The first kappa shape index (κ1) is 16.1. The minimum absolute atomic E-state index is 1.21. The molecule has 3 heterocycles. The summed E-state index contributed by atoms with van der Waals surface area (Å²) in [6.45, 7) is 0. The van der Waals surface area contributed by atoms with Gasteiger partial charge in [0.1, 0.15) is 12.5 Å². The number of nitrogens with one attached hydrogen (secondary N) is 1. The SMILES string of the molecule is C1=COON=C1.C1=COON=C1.c1ccc2c(c1)[nH]c1ccccc12. The lowest BCUT2D eigenvalue weighted by Crippen LogP contribution is -1.82. The Labute approximate surface area is 143 Å². The maximum Gasteiger partial charge on any atom is 0.147 e. The minimum atomic E-state index is 1.21. The zero-order chi connectivity index (χ0) is 17.2. The minimum Gasteiger partial charge on any atom is -0.355 e. The molecule has 2 aromatic carbocycles. The van der Waals surface area contributed by atoms with Gasteiger partial charge in [0.15, 0.2) is 0 Å². The summed E-state index contributed by atoms with van der Waals surface area (Å²) in [6, 6.07) is 16.8. The summed E-state index contributed by atoms with van der Waals surface area (Å²) in [6.07, 6.45) is 9.03. The molecule has 3 aromatic rings. The summed E-state index contributed by atoms with van der Waals surface area (Å²) in [5.41, 5.74) is 2.42. The van der Waals surface area contributed by atoms with E-state index in [2.05, 4.69) is 83.6 Å². The van der Waals surface area contributed by atoms with E-state index in [4.69, 9.17) is 0 Å². The first-order valence-corrected chi connectivity index (χ1v) is 7.42. The van der Waals surface area contributed by atoms with E-state index in [-0.39, 0.29) is 0 Å². The van der Waals surface area contributed by atoms with E-state index in [0.717, 1.165) is 0 Å². The fourth-order valence-electron chi connectivity index (χ4n) is 2.15. The molecular weight excluding hydrogens is 322 g/mol. The number of H-pyrrole nitrogens is 1. The van der Waals surface area contributed by atoms with Gasteiger partial charge in [-0.3, -0.25) is 9.78 Å². The van der Waals surface area contributed by atoms with Crippen molar-refractivity contribution in [2.45, 2.75) is 0 Å². The third kappa shape index (κ3) is 4.61. The number of rotatable bonds is 0. The Morgan fingerprint density at radius 2 is 1.12 bits per heavy atom. The van der Waals surface area contributed by atoms with Gasteiger partial charge >= 0.3 is 0 Å². The van der Waals surface area contributed by atoms with Crippen molar-refractivity contribution in [1.82, 2.24) is 4.98 Å². The van der Waals surface area contributed by atoms with E-state index in [1.165, 1.54) is 46.8 Å². The summed E-state index contributed by atoms with van der Waals surface area (Å²) in [5.74, 6) is 0. The predicted molar refractivity (Wildman–Crippen MR) is 95.4 cm³/mol. The Bertz CT molecular complexity index is 830. The van der Waals surface area contributed by atoms with Gasteiger partial charge in [-0.1, -0.05) is 36.4 Å². The summed E-state index contributed by atoms with van der Waals surface area (Å²) < 4.78 is 0. The highest BCUT2D eigenvalue weighted by Gasteiger charge is 2.00. The van der Waals surface area contributed by atoms with Crippen molar-refractivity contribution in [2.24, 2.45) is 10.3 Å². The van der Waals surface area contributed by atoms with E-state index in [0.29, 0.717) is 0 Å². The first-order valence-electron chi connectivity index (χ1n) is 7.42. The van der Waals surface area contributed by atoms with Gasteiger partial charge in [0, 0.05) is 21.8 Å². The van der Waals surface area contributed by atoms with Crippen molar-refractivity contribution >= 4 is 34.2 Å². The summed E-state index contributed by atoms with van der Waals surface area (Å²) in [7, 11) is 0. The van der Waals surface area contributed by atoms with Crippen LogP contribution in [0.5, 0.6) is 0 Å². The van der Waals surface area contributed by atoms with E-state index >= 15 is 0 Å². The first-order chi connectivity index (χ1) is 12.4. The number of aromatic amines is 1. The van der Waals surface area contributed by atoms with E-state index < -0.39 is 0 Å². The van der Waals surface area contributed by atoms with Crippen LogP contribution in [0.4, 0.5) is 0 Å². The molecule has 0 unspecified atom stereocenters. The Hall–Kier alpha value is -3.74. The molecule has 0 aliphatic carbocycles. The Morgan fingerprint density at radius 3 is 1.44 bits per heavy atom. The molecule has 0 spiro atoms. The number of fused-ring (bicyclic) bond motifs is 3. The van der Waals surface area contributed by atoms with Crippen molar-refractivity contribution < 1.29 is 19.8 Å². The second-order valence-electron chi connectivity index (χ2n) is 4.72. The van der Waals surface area contributed by atoms with Gasteiger partial charge < -0.3 is 4.98 Å². The quantitative estimate of drug-likeness (QED) is 0.623. The van der Waals surface area contributed by atoms with E-state index in [1.54, 1.807) is 12.2 Å². The van der Waals surface area contributed by atoms with Crippen molar-refractivity contribution in [3.63, 3.8) is 0 Å². The van der Waals surface area contributed by atoms with Crippen LogP contribution >= 0.6 is 0 Å². The fraction of sp³-hybridized carbons (Fsp3) is 0. The number of allylic oxidation sites excluding steroid dienone is 2. The molecule has 25 heavy (non-hydrogen) atoms. The molecule has 2 aliphatic heterocycles. The second kappa shape index (κ2) is 8.78. The molecule has 0 bridgehead atoms. The van der Waals surface area contributed by atoms with Gasteiger partial charge in [-0.05, 0) is 34.6 Å².